The molecule has 1 aromatic rings. The Morgan fingerprint density at radius 2 is 2.00 bits per heavy atom. The summed E-state index contributed by atoms with van der Waals surface area (Å²) in [6.07, 6.45) is 4.08. The SMILES string of the molecule is C=C(C)c1cccc(C)c1CN(C)CC=CC#CC(C)(C)C. The smallest absolute Gasteiger partial charge is 0.0242 e. The summed E-state index contributed by atoms with van der Waals surface area (Å²) in [5.74, 6) is 6.33. The highest BCUT2D eigenvalue weighted by atomic mass is 15.1. The Balaban J connectivity index is 2.70. The van der Waals surface area contributed by atoms with Crippen LogP contribution in [-0.2, 0) is 6.54 Å². The Labute approximate surface area is 136 Å². The van der Waals surface area contributed by atoms with Crippen molar-refractivity contribution in [1.29, 1.82) is 0 Å². The van der Waals surface area contributed by atoms with Crippen molar-refractivity contribution in [2.45, 2.75) is 41.2 Å². The van der Waals surface area contributed by atoms with Crippen LogP contribution in [0.5, 0.6) is 0 Å². The van der Waals surface area contributed by atoms with Crippen LogP contribution < -0.4 is 0 Å². The van der Waals surface area contributed by atoms with Gasteiger partial charge in [-0.15, -0.1) is 0 Å². The first-order valence-corrected chi connectivity index (χ1v) is 7.81. The van der Waals surface area contributed by atoms with E-state index in [0.717, 1.165) is 18.7 Å². The van der Waals surface area contributed by atoms with E-state index in [4.69, 9.17) is 0 Å². The van der Waals surface area contributed by atoms with Crippen molar-refractivity contribution in [2.75, 3.05) is 13.6 Å². The first-order valence-electron chi connectivity index (χ1n) is 7.81. The summed E-state index contributed by atoms with van der Waals surface area (Å²) in [4.78, 5) is 2.30. The van der Waals surface area contributed by atoms with Gasteiger partial charge in [0.05, 0.1) is 0 Å². The number of aryl methyl sites for hydroxylation is 1. The summed E-state index contributed by atoms with van der Waals surface area (Å²) in [6, 6.07) is 6.42. The highest BCUT2D eigenvalue weighted by Gasteiger charge is 2.08. The lowest BCUT2D eigenvalue weighted by molar-refractivity contribution is 0.362. The number of hydrogen-bond donors (Lipinski definition) is 0. The van der Waals surface area contributed by atoms with Crippen molar-refractivity contribution in [3.63, 3.8) is 0 Å². The lowest BCUT2D eigenvalue weighted by Gasteiger charge is -2.19. The zero-order chi connectivity index (χ0) is 16.8. The van der Waals surface area contributed by atoms with Crippen LogP contribution in [0.4, 0.5) is 0 Å². The minimum absolute atomic E-state index is 0.0633. The molecule has 0 aromatic heterocycles. The third-order valence-electron chi connectivity index (χ3n) is 3.36. The molecule has 118 valence electrons. The van der Waals surface area contributed by atoms with Crippen molar-refractivity contribution >= 4 is 5.57 Å². The van der Waals surface area contributed by atoms with Gasteiger partial charge in [-0.3, -0.25) is 4.90 Å². The number of likely N-dealkylation sites (N-methyl/N-ethyl adjacent to an activating group) is 1. The average molecular weight is 295 g/mol. The fourth-order valence-electron chi connectivity index (χ4n) is 2.20. The van der Waals surface area contributed by atoms with E-state index in [0.29, 0.717) is 0 Å². The molecule has 0 saturated carbocycles. The summed E-state index contributed by atoms with van der Waals surface area (Å²) >= 11 is 0. The van der Waals surface area contributed by atoms with Gasteiger partial charge < -0.3 is 0 Å². The number of benzene rings is 1. The third-order valence-corrected chi connectivity index (χ3v) is 3.36. The molecular weight excluding hydrogens is 266 g/mol. The molecule has 1 nitrogen and oxygen atoms in total. The minimum Gasteiger partial charge on any atom is -0.298 e. The van der Waals surface area contributed by atoms with Gasteiger partial charge in [0, 0.05) is 18.5 Å². The molecule has 0 aliphatic rings. The molecule has 1 rings (SSSR count). The Hall–Kier alpha value is -1.78. The molecule has 1 aromatic carbocycles. The Kier molecular flexibility index (Phi) is 6.65. The number of nitrogens with zero attached hydrogens (tertiary/aromatic N) is 1. The molecule has 1 heteroatoms. The topological polar surface area (TPSA) is 3.24 Å². The summed E-state index contributed by atoms with van der Waals surface area (Å²) in [6.45, 7) is 16.5. The van der Waals surface area contributed by atoms with E-state index in [1.807, 2.05) is 6.08 Å². The van der Waals surface area contributed by atoms with Crippen molar-refractivity contribution in [2.24, 2.45) is 5.41 Å². The molecule has 0 aliphatic carbocycles. The lowest BCUT2D eigenvalue weighted by Crippen LogP contribution is -2.19. The Bertz CT molecular complexity index is 603. The van der Waals surface area contributed by atoms with Crippen molar-refractivity contribution in [3.8, 4) is 11.8 Å². The second-order valence-electron chi connectivity index (χ2n) is 7.00. The summed E-state index contributed by atoms with van der Waals surface area (Å²) < 4.78 is 0. The molecule has 22 heavy (non-hydrogen) atoms. The van der Waals surface area contributed by atoms with Crippen molar-refractivity contribution in [1.82, 2.24) is 4.90 Å². The van der Waals surface area contributed by atoms with Crippen LogP contribution in [0.15, 0.2) is 36.9 Å². The average Bonchev–Trinajstić information content (AvgIpc) is 2.39. The second kappa shape index (κ2) is 8.01. The molecule has 0 atom stereocenters. The third kappa shape index (κ3) is 6.33. The van der Waals surface area contributed by atoms with E-state index >= 15 is 0 Å². The van der Waals surface area contributed by atoms with Crippen LogP contribution in [0.2, 0.25) is 0 Å². The van der Waals surface area contributed by atoms with E-state index in [1.54, 1.807) is 0 Å². The lowest BCUT2D eigenvalue weighted by atomic mass is 9.97. The van der Waals surface area contributed by atoms with E-state index in [-0.39, 0.29) is 5.41 Å². The second-order valence-corrected chi connectivity index (χ2v) is 7.00. The first kappa shape index (κ1) is 18.3. The Morgan fingerprint density at radius 3 is 2.59 bits per heavy atom. The minimum atomic E-state index is 0.0633. The predicted molar refractivity (Wildman–Crippen MR) is 98.6 cm³/mol. The zero-order valence-electron chi connectivity index (χ0n) is 15.0. The van der Waals surface area contributed by atoms with Crippen molar-refractivity contribution in [3.05, 3.63) is 53.6 Å². The molecule has 0 unspecified atom stereocenters. The predicted octanol–water partition coefficient (Wildman–Crippen LogP) is 5.07. The van der Waals surface area contributed by atoms with Gasteiger partial charge in [-0.1, -0.05) is 48.3 Å². The van der Waals surface area contributed by atoms with Gasteiger partial charge in [-0.05, 0) is 64.4 Å². The molecule has 0 amide bonds. The maximum atomic E-state index is 4.09. The first-order chi connectivity index (χ1) is 10.2. The molecule has 0 bridgehead atoms. The highest BCUT2D eigenvalue weighted by Crippen LogP contribution is 2.22. The Morgan fingerprint density at radius 1 is 1.32 bits per heavy atom. The van der Waals surface area contributed by atoms with Crippen LogP contribution in [-0.4, -0.2) is 18.5 Å². The van der Waals surface area contributed by atoms with Crippen LogP contribution in [0.1, 0.15) is 44.4 Å². The maximum Gasteiger partial charge on any atom is 0.0242 e. The van der Waals surface area contributed by atoms with Gasteiger partial charge in [-0.2, -0.15) is 0 Å². The number of hydrogen-bond acceptors (Lipinski definition) is 1. The fourth-order valence-corrected chi connectivity index (χ4v) is 2.20. The van der Waals surface area contributed by atoms with Crippen LogP contribution in [0.25, 0.3) is 5.57 Å². The molecular formula is C21H29N. The monoisotopic (exact) mass is 295 g/mol. The molecule has 0 saturated heterocycles. The van der Waals surface area contributed by atoms with Crippen LogP contribution >= 0.6 is 0 Å². The van der Waals surface area contributed by atoms with Gasteiger partial charge in [0.1, 0.15) is 0 Å². The van der Waals surface area contributed by atoms with E-state index in [2.05, 4.69) is 89.3 Å². The normalized spacial score (nSPS) is 11.6. The number of allylic oxidation sites excluding steroid dienone is 2. The maximum absolute atomic E-state index is 4.09. The summed E-state index contributed by atoms with van der Waals surface area (Å²) in [5, 5.41) is 0. The molecule has 0 aliphatic heterocycles. The molecule has 0 N–H and O–H groups in total. The van der Waals surface area contributed by atoms with Gasteiger partial charge in [0.25, 0.3) is 0 Å². The standard InChI is InChI=1S/C21H29N/c1-17(2)19-13-11-12-18(3)20(19)16-22(7)15-10-8-9-14-21(4,5)6/h8,10-13H,1,15-16H2,2-7H3. The molecule has 0 fully saturated rings. The molecule has 0 spiro atoms. The quantitative estimate of drug-likeness (QED) is 0.686. The van der Waals surface area contributed by atoms with E-state index in [9.17, 15) is 0 Å². The summed E-state index contributed by atoms with van der Waals surface area (Å²) in [5.41, 5.74) is 5.14. The van der Waals surface area contributed by atoms with Crippen LogP contribution in [0, 0.1) is 24.2 Å². The summed E-state index contributed by atoms with van der Waals surface area (Å²) in [7, 11) is 2.14. The van der Waals surface area contributed by atoms with E-state index in [1.165, 1.54) is 16.7 Å². The van der Waals surface area contributed by atoms with Gasteiger partial charge >= 0.3 is 0 Å². The van der Waals surface area contributed by atoms with Crippen LogP contribution in [0.3, 0.4) is 0 Å². The van der Waals surface area contributed by atoms with Gasteiger partial charge in [0.15, 0.2) is 0 Å². The number of rotatable bonds is 5. The highest BCUT2D eigenvalue weighted by molar-refractivity contribution is 5.65. The largest absolute Gasteiger partial charge is 0.298 e. The van der Waals surface area contributed by atoms with Gasteiger partial charge in [-0.25, -0.2) is 0 Å². The molecule has 0 heterocycles. The van der Waals surface area contributed by atoms with E-state index < -0.39 is 0 Å². The van der Waals surface area contributed by atoms with Gasteiger partial charge in [0.2, 0.25) is 0 Å². The fraction of sp³-hybridized carbons (Fsp3) is 0.429. The zero-order valence-corrected chi connectivity index (χ0v) is 15.0. The van der Waals surface area contributed by atoms with Crippen molar-refractivity contribution < 1.29 is 0 Å². The molecule has 0 radical (unpaired) electrons.